The quantitative estimate of drug-likeness (QED) is 0.791. The standard InChI is InChI=1S/C24H29N3O4/c1-17-22(19-6-4-3-5-7-19)31-24(29)27(17)20-12-14-26(15-13-20)23(28)25-16-18-8-10-21(30-2)11-9-18/h3-11,17,20,22H,12-16H2,1-2H3,(H,25,28)/t17-,22-/m0/s1. The molecule has 0 radical (unpaired) electrons. The van der Waals surface area contributed by atoms with E-state index in [1.165, 1.54) is 0 Å². The van der Waals surface area contributed by atoms with E-state index in [2.05, 4.69) is 5.32 Å². The summed E-state index contributed by atoms with van der Waals surface area (Å²) < 4.78 is 10.8. The van der Waals surface area contributed by atoms with Crippen LogP contribution >= 0.6 is 0 Å². The predicted octanol–water partition coefficient (Wildman–Crippen LogP) is 3.95. The number of ether oxygens (including phenoxy) is 2. The van der Waals surface area contributed by atoms with Gasteiger partial charge in [0.15, 0.2) is 0 Å². The number of nitrogens with zero attached hydrogens (tertiary/aromatic N) is 2. The van der Waals surface area contributed by atoms with Crippen LogP contribution in [-0.4, -0.2) is 54.2 Å². The van der Waals surface area contributed by atoms with Gasteiger partial charge in [0.25, 0.3) is 0 Å². The van der Waals surface area contributed by atoms with Crippen molar-refractivity contribution in [2.24, 2.45) is 0 Å². The predicted molar refractivity (Wildman–Crippen MR) is 117 cm³/mol. The molecule has 31 heavy (non-hydrogen) atoms. The highest BCUT2D eigenvalue weighted by molar-refractivity contribution is 5.74. The van der Waals surface area contributed by atoms with Gasteiger partial charge in [-0.05, 0) is 43.0 Å². The van der Waals surface area contributed by atoms with E-state index in [0.29, 0.717) is 19.6 Å². The second-order valence-electron chi connectivity index (χ2n) is 8.09. The summed E-state index contributed by atoms with van der Waals surface area (Å²) in [6, 6.07) is 17.5. The van der Waals surface area contributed by atoms with Crippen molar-refractivity contribution in [1.29, 1.82) is 0 Å². The molecule has 2 aliphatic heterocycles. The van der Waals surface area contributed by atoms with Gasteiger partial charge in [-0.2, -0.15) is 0 Å². The third-order valence-electron chi connectivity index (χ3n) is 6.19. The molecule has 7 nitrogen and oxygen atoms in total. The Morgan fingerprint density at radius 1 is 1.10 bits per heavy atom. The zero-order valence-electron chi connectivity index (χ0n) is 18.0. The summed E-state index contributed by atoms with van der Waals surface area (Å²) >= 11 is 0. The Morgan fingerprint density at radius 2 is 1.77 bits per heavy atom. The van der Waals surface area contributed by atoms with Crippen LogP contribution in [0, 0.1) is 0 Å². The zero-order valence-corrected chi connectivity index (χ0v) is 18.0. The molecule has 2 aliphatic rings. The summed E-state index contributed by atoms with van der Waals surface area (Å²) in [4.78, 5) is 28.8. The molecule has 2 saturated heterocycles. The summed E-state index contributed by atoms with van der Waals surface area (Å²) in [5, 5.41) is 2.98. The van der Waals surface area contributed by atoms with Crippen molar-refractivity contribution in [2.75, 3.05) is 20.2 Å². The highest BCUT2D eigenvalue weighted by Gasteiger charge is 2.44. The molecule has 2 heterocycles. The number of hydrogen-bond donors (Lipinski definition) is 1. The van der Waals surface area contributed by atoms with Gasteiger partial charge >= 0.3 is 12.1 Å². The van der Waals surface area contributed by atoms with Crippen LogP contribution in [0.2, 0.25) is 0 Å². The number of urea groups is 1. The summed E-state index contributed by atoms with van der Waals surface area (Å²) in [5.74, 6) is 0.793. The number of carbonyl (C=O) groups excluding carboxylic acids is 2. The Kier molecular flexibility index (Phi) is 6.30. The van der Waals surface area contributed by atoms with Crippen molar-refractivity contribution in [1.82, 2.24) is 15.1 Å². The number of cyclic esters (lactones) is 1. The van der Waals surface area contributed by atoms with E-state index in [1.807, 2.05) is 71.3 Å². The maximum Gasteiger partial charge on any atom is 0.411 e. The van der Waals surface area contributed by atoms with Gasteiger partial charge in [0.2, 0.25) is 0 Å². The van der Waals surface area contributed by atoms with Crippen LogP contribution in [0.15, 0.2) is 54.6 Å². The van der Waals surface area contributed by atoms with Gasteiger partial charge < -0.3 is 19.7 Å². The molecule has 0 saturated carbocycles. The Labute approximate surface area is 182 Å². The normalized spacial score (nSPS) is 21.7. The van der Waals surface area contributed by atoms with Crippen molar-refractivity contribution in [3.05, 3.63) is 65.7 Å². The largest absolute Gasteiger partial charge is 0.497 e. The summed E-state index contributed by atoms with van der Waals surface area (Å²) in [7, 11) is 1.63. The van der Waals surface area contributed by atoms with Crippen LogP contribution in [0.4, 0.5) is 9.59 Å². The van der Waals surface area contributed by atoms with Crippen molar-refractivity contribution >= 4 is 12.1 Å². The maximum atomic E-state index is 12.6. The molecule has 2 fully saturated rings. The third kappa shape index (κ3) is 4.60. The number of methoxy groups -OCH3 is 1. The Hall–Kier alpha value is -3.22. The summed E-state index contributed by atoms with van der Waals surface area (Å²) in [6.07, 6.45) is 0.983. The second-order valence-corrected chi connectivity index (χ2v) is 8.09. The van der Waals surface area contributed by atoms with Gasteiger partial charge in [0.05, 0.1) is 13.2 Å². The topological polar surface area (TPSA) is 71.1 Å². The number of hydrogen-bond acceptors (Lipinski definition) is 4. The summed E-state index contributed by atoms with van der Waals surface area (Å²) in [5.41, 5.74) is 2.03. The molecule has 164 valence electrons. The minimum atomic E-state index is -0.260. The fourth-order valence-corrected chi connectivity index (χ4v) is 4.43. The van der Waals surface area contributed by atoms with E-state index in [9.17, 15) is 9.59 Å². The van der Waals surface area contributed by atoms with Crippen LogP contribution in [-0.2, 0) is 11.3 Å². The first-order valence-electron chi connectivity index (χ1n) is 10.8. The number of rotatable bonds is 5. The second kappa shape index (κ2) is 9.29. The zero-order chi connectivity index (χ0) is 21.8. The molecular formula is C24H29N3O4. The van der Waals surface area contributed by atoms with E-state index < -0.39 is 0 Å². The van der Waals surface area contributed by atoms with E-state index in [0.717, 1.165) is 29.7 Å². The molecule has 0 bridgehead atoms. The molecule has 2 atom stereocenters. The number of piperidine rings is 1. The molecule has 2 aromatic carbocycles. The highest BCUT2D eigenvalue weighted by atomic mass is 16.6. The number of amides is 3. The van der Waals surface area contributed by atoms with Crippen molar-refractivity contribution in [3.63, 3.8) is 0 Å². The fraction of sp³-hybridized carbons (Fsp3) is 0.417. The highest BCUT2D eigenvalue weighted by Crippen LogP contribution is 2.35. The first kappa shape index (κ1) is 21.0. The van der Waals surface area contributed by atoms with Crippen molar-refractivity contribution in [3.8, 4) is 5.75 Å². The van der Waals surface area contributed by atoms with Gasteiger partial charge in [-0.3, -0.25) is 4.90 Å². The molecule has 0 spiro atoms. The number of benzene rings is 2. The molecule has 4 rings (SSSR count). The molecular weight excluding hydrogens is 394 g/mol. The number of likely N-dealkylation sites (tertiary alicyclic amines) is 1. The van der Waals surface area contributed by atoms with Crippen LogP contribution in [0.25, 0.3) is 0 Å². The minimum absolute atomic E-state index is 0.0321. The smallest absolute Gasteiger partial charge is 0.411 e. The van der Waals surface area contributed by atoms with E-state index >= 15 is 0 Å². The van der Waals surface area contributed by atoms with Gasteiger partial charge in [-0.1, -0.05) is 42.5 Å². The van der Waals surface area contributed by atoms with Crippen LogP contribution < -0.4 is 10.1 Å². The first-order valence-corrected chi connectivity index (χ1v) is 10.8. The average molecular weight is 424 g/mol. The number of nitrogens with one attached hydrogen (secondary N) is 1. The van der Waals surface area contributed by atoms with E-state index in [4.69, 9.17) is 9.47 Å². The lowest BCUT2D eigenvalue weighted by Gasteiger charge is -2.37. The SMILES string of the molecule is COc1ccc(CNC(=O)N2CCC(N3C(=O)O[C@H](c4ccccc4)[C@@H]3C)CC2)cc1. The molecule has 3 amide bonds. The van der Waals surface area contributed by atoms with Crippen molar-refractivity contribution in [2.45, 2.75) is 44.5 Å². The van der Waals surface area contributed by atoms with E-state index in [-0.39, 0.29) is 30.3 Å². The van der Waals surface area contributed by atoms with E-state index in [1.54, 1.807) is 7.11 Å². The van der Waals surface area contributed by atoms with Gasteiger partial charge in [0.1, 0.15) is 11.9 Å². The van der Waals surface area contributed by atoms with Crippen LogP contribution in [0.3, 0.4) is 0 Å². The van der Waals surface area contributed by atoms with Crippen LogP contribution in [0.1, 0.15) is 37.0 Å². The molecule has 0 unspecified atom stereocenters. The molecule has 1 N–H and O–H groups in total. The molecule has 2 aromatic rings. The first-order chi connectivity index (χ1) is 15.1. The van der Waals surface area contributed by atoms with Crippen molar-refractivity contribution < 1.29 is 19.1 Å². The Bertz CT molecular complexity index is 895. The number of carbonyl (C=O) groups is 2. The lowest BCUT2D eigenvalue weighted by Crippen LogP contribution is -2.51. The molecule has 0 aliphatic carbocycles. The maximum absolute atomic E-state index is 12.6. The minimum Gasteiger partial charge on any atom is -0.497 e. The lowest BCUT2D eigenvalue weighted by molar-refractivity contribution is 0.113. The van der Waals surface area contributed by atoms with Gasteiger partial charge in [-0.15, -0.1) is 0 Å². The summed E-state index contributed by atoms with van der Waals surface area (Å²) in [6.45, 7) is 3.74. The van der Waals surface area contributed by atoms with Gasteiger partial charge in [0, 0.05) is 25.7 Å². The van der Waals surface area contributed by atoms with Crippen LogP contribution in [0.5, 0.6) is 5.75 Å². The Morgan fingerprint density at radius 3 is 2.42 bits per heavy atom. The lowest BCUT2D eigenvalue weighted by atomic mass is 9.98. The monoisotopic (exact) mass is 423 g/mol. The molecule has 7 heteroatoms. The Balaban J connectivity index is 1.28. The average Bonchev–Trinajstić information content (AvgIpc) is 3.12. The molecule has 0 aromatic heterocycles. The fourth-order valence-electron chi connectivity index (χ4n) is 4.43. The third-order valence-corrected chi connectivity index (χ3v) is 6.19. The van der Waals surface area contributed by atoms with Gasteiger partial charge in [-0.25, -0.2) is 9.59 Å².